The van der Waals surface area contributed by atoms with Crippen LogP contribution in [0.5, 0.6) is 0 Å². The Hall–Kier alpha value is 0.600. The van der Waals surface area contributed by atoms with Gasteiger partial charge in [0.15, 0.2) is 0 Å². The van der Waals surface area contributed by atoms with E-state index in [0.29, 0.717) is 5.41 Å². The fourth-order valence-corrected chi connectivity index (χ4v) is 3.61. The molecule has 1 N–H and O–H groups in total. The van der Waals surface area contributed by atoms with Gasteiger partial charge in [0.25, 0.3) is 0 Å². The van der Waals surface area contributed by atoms with Crippen molar-refractivity contribution >= 4 is 24.2 Å². The van der Waals surface area contributed by atoms with Gasteiger partial charge in [0, 0.05) is 12.6 Å². The molecule has 0 aromatic carbocycles. The van der Waals surface area contributed by atoms with Crippen molar-refractivity contribution in [3.63, 3.8) is 0 Å². The summed E-state index contributed by atoms with van der Waals surface area (Å²) in [6.45, 7) is 10.6. The molecule has 1 rings (SSSR count). The molecule has 1 heterocycles. The number of hydrogen-bond donors (Lipinski definition) is 1. The summed E-state index contributed by atoms with van der Waals surface area (Å²) in [5, 5.41) is 3.75. The maximum Gasteiger partial charge on any atom is 0.00830 e. The molecule has 1 aliphatic heterocycles. The van der Waals surface area contributed by atoms with Crippen LogP contribution < -0.4 is 5.32 Å². The summed E-state index contributed by atoms with van der Waals surface area (Å²) in [6.07, 6.45) is 4.05. The van der Waals surface area contributed by atoms with Crippen LogP contribution in [-0.2, 0) is 0 Å². The SMILES string of the molecule is CC(C)CC(C)(C)CNC1CCSCC1.Cl. The number of nitrogens with one attached hydrogen (secondary N) is 1. The number of thioether (sulfide) groups is 1. The highest BCUT2D eigenvalue weighted by atomic mass is 35.5. The predicted molar refractivity (Wildman–Crippen MR) is 78.8 cm³/mol. The smallest absolute Gasteiger partial charge is 0.00830 e. The fraction of sp³-hybridized carbons (Fsp3) is 1.00. The largest absolute Gasteiger partial charge is 0.313 e. The topological polar surface area (TPSA) is 12.0 Å². The highest BCUT2D eigenvalue weighted by Crippen LogP contribution is 2.25. The van der Waals surface area contributed by atoms with Gasteiger partial charge in [-0.15, -0.1) is 12.4 Å². The number of hydrogen-bond acceptors (Lipinski definition) is 2. The van der Waals surface area contributed by atoms with Gasteiger partial charge in [0.05, 0.1) is 0 Å². The molecule has 0 aliphatic carbocycles. The van der Waals surface area contributed by atoms with Crippen molar-refractivity contribution in [1.82, 2.24) is 5.32 Å². The highest BCUT2D eigenvalue weighted by molar-refractivity contribution is 7.99. The lowest BCUT2D eigenvalue weighted by Crippen LogP contribution is -2.39. The molecular formula is C13H28ClNS. The van der Waals surface area contributed by atoms with E-state index in [2.05, 4.69) is 44.8 Å². The number of halogens is 1. The Morgan fingerprint density at radius 3 is 2.31 bits per heavy atom. The van der Waals surface area contributed by atoms with Crippen LogP contribution in [0.4, 0.5) is 0 Å². The Morgan fingerprint density at radius 2 is 1.81 bits per heavy atom. The summed E-state index contributed by atoms with van der Waals surface area (Å²) in [4.78, 5) is 0. The Balaban J connectivity index is 0.00000225. The first-order chi connectivity index (χ1) is 6.99. The molecule has 0 unspecified atom stereocenters. The van der Waals surface area contributed by atoms with E-state index < -0.39 is 0 Å². The molecule has 0 bridgehead atoms. The fourth-order valence-electron chi connectivity index (χ4n) is 2.50. The van der Waals surface area contributed by atoms with E-state index in [4.69, 9.17) is 0 Å². The lowest BCUT2D eigenvalue weighted by atomic mass is 9.83. The van der Waals surface area contributed by atoms with Gasteiger partial charge in [0.2, 0.25) is 0 Å². The van der Waals surface area contributed by atoms with E-state index in [1.807, 2.05) is 0 Å². The summed E-state index contributed by atoms with van der Waals surface area (Å²) in [7, 11) is 0. The van der Waals surface area contributed by atoms with Crippen LogP contribution in [0.25, 0.3) is 0 Å². The van der Waals surface area contributed by atoms with Gasteiger partial charge in [-0.3, -0.25) is 0 Å². The van der Waals surface area contributed by atoms with Gasteiger partial charge in [0.1, 0.15) is 0 Å². The maximum absolute atomic E-state index is 3.75. The van der Waals surface area contributed by atoms with E-state index in [9.17, 15) is 0 Å². The average molecular weight is 266 g/mol. The van der Waals surface area contributed by atoms with Crippen molar-refractivity contribution < 1.29 is 0 Å². The molecule has 1 aliphatic rings. The molecule has 0 spiro atoms. The third-order valence-electron chi connectivity index (χ3n) is 3.05. The van der Waals surface area contributed by atoms with Gasteiger partial charge in [-0.1, -0.05) is 27.7 Å². The van der Waals surface area contributed by atoms with Gasteiger partial charge in [-0.2, -0.15) is 11.8 Å². The molecule has 0 aromatic rings. The van der Waals surface area contributed by atoms with Crippen LogP contribution in [0.1, 0.15) is 47.0 Å². The van der Waals surface area contributed by atoms with Crippen molar-refractivity contribution in [3.8, 4) is 0 Å². The molecule has 1 nitrogen and oxygen atoms in total. The molecule has 0 atom stereocenters. The van der Waals surface area contributed by atoms with E-state index in [1.165, 1.54) is 37.3 Å². The zero-order chi connectivity index (χ0) is 11.3. The lowest BCUT2D eigenvalue weighted by Gasteiger charge is -2.31. The van der Waals surface area contributed by atoms with E-state index in [0.717, 1.165) is 12.0 Å². The summed E-state index contributed by atoms with van der Waals surface area (Å²) in [5.41, 5.74) is 0.457. The van der Waals surface area contributed by atoms with Crippen LogP contribution in [0.3, 0.4) is 0 Å². The Bertz CT molecular complexity index is 177. The summed E-state index contributed by atoms with van der Waals surface area (Å²) < 4.78 is 0. The highest BCUT2D eigenvalue weighted by Gasteiger charge is 2.21. The molecule has 0 aromatic heterocycles. The summed E-state index contributed by atoms with van der Waals surface area (Å²) in [5.74, 6) is 3.51. The Kier molecular flexibility index (Phi) is 8.13. The summed E-state index contributed by atoms with van der Waals surface area (Å²) in [6, 6.07) is 0.790. The van der Waals surface area contributed by atoms with Crippen LogP contribution in [0.15, 0.2) is 0 Å². The van der Waals surface area contributed by atoms with Crippen molar-refractivity contribution in [2.75, 3.05) is 18.1 Å². The second kappa shape index (κ2) is 7.84. The molecule has 16 heavy (non-hydrogen) atoms. The second-order valence-electron chi connectivity index (χ2n) is 6.03. The summed E-state index contributed by atoms with van der Waals surface area (Å²) >= 11 is 2.10. The van der Waals surface area contributed by atoms with E-state index in [1.54, 1.807) is 0 Å². The van der Waals surface area contributed by atoms with E-state index >= 15 is 0 Å². The first-order valence-corrected chi connectivity index (χ1v) is 7.46. The van der Waals surface area contributed by atoms with Crippen molar-refractivity contribution in [3.05, 3.63) is 0 Å². The third kappa shape index (κ3) is 7.03. The molecule has 1 saturated heterocycles. The van der Waals surface area contributed by atoms with Crippen LogP contribution in [0.2, 0.25) is 0 Å². The zero-order valence-corrected chi connectivity index (χ0v) is 12.8. The molecule has 3 heteroatoms. The third-order valence-corrected chi connectivity index (χ3v) is 4.10. The molecule has 0 radical (unpaired) electrons. The Labute approximate surface area is 112 Å². The van der Waals surface area contributed by atoms with Gasteiger partial charge in [-0.25, -0.2) is 0 Å². The maximum atomic E-state index is 3.75. The normalized spacial score (nSPS) is 18.6. The first-order valence-electron chi connectivity index (χ1n) is 6.31. The van der Waals surface area contributed by atoms with Crippen molar-refractivity contribution in [2.24, 2.45) is 11.3 Å². The van der Waals surface area contributed by atoms with Crippen LogP contribution in [-0.4, -0.2) is 24.1 Å². The molecular weight excluding hydrogens is 238 g/mol. The van der Waals surface area contributed by atoms with Gasteiger partial charge < -0.3 is 5.32 Å². The average Bonchev–Trinajstić information content (AvgIpc) is 2.15. The van der Waals surface area contributed by atoms with Crippen molar-refractivity contribution in [1.29, 1.82) is 0 Å². The van der Waals surface area contributed by atoms with Crippen LogP contribution >= 0.6 is 24.2 Å². The van der Waals surface area contributed by atoms with E-state index in [-0.39, 0.29) is 12.4 Å². The first kappa shape index (κ1) is 16.6. The lowest BCUT2D eigenvalue weighted by molar-refractivity contribution is 0.258. The minimum absolute atomic E-state index is 0. The molecule has 98 valence electrons. The minimum Gasteiger partial charge on any atom is -0.313 e. The quantitative estimate of drug-likeness (QED) is 0.807. The van der Waals surface area contributed by atoms with Gasteiger partial charge in [-0.05, 0) is 42.1 Å². The molecule has 1 fully saturated rings. The van der Waals surface area contributed by atoms with Gasteiger partial charge >= 0.3 is 0 Å². The Morgan fingerprint density at radius 1 is 1.25 bits per heavy atom. The molecule has 0 saturated carbocycles. The van der Waals surface area contributed by atoms with Crippen LogP contribution in [0, 0.1) is 11.3 Å². The second-order valence-corrected chi connectivity index (χ2v) is 7.25. The zero-order valence-electron chi connectivity index (χ0n) is 11.2. The predicted octanol–water partition coefficient (Wildman–Crippen LogP) is 3.97. The van der Waals surface area contributed by atoms with Crippen molar-refractivity contribution in [2.45, 2.75) is 53.0 Å². The standard InChI is InChI=1S/C13H27NS.ClH/c1-11(2)9-13(3,4)10-14-12-5-7-15-8-6-12;/h11-12,14H,5-10H2,1-4H3;1H. The monoisotopic (exact) mass is 265 g/mol. The minimum atomic E-state index is 0. The number of rotatable bonds is 5. The molecule has 0 amide bonds.